The Labute approximate surface area is 87.2 Å². The van der Waals surface area contributed by atoms with Gasteiger partial charge in [0.05, 0.1) is 23.4 Å². The molecule has 0 aliphatic rings. The molecule has 1 heterocycles. The first-order chi connectivity index (χ1) is 7.16. The summed E-state index contributed by atoms with van der Waals surface area (Å²) in [4.78, 5) is 11.6. The Morgan fingerprint density at radius 2 is 2.27 bits per heavy atom. The van der Waals surface area contributed by atoms with Crippen LogP contribution in [0.5, 0.6) is 0 Å². The summed E-state index contributed by atoms with van der Waals surface area (Å²) in [5.41, 5.74) is 1.38. The van der Waals surface area contributed by atoms with E-state index in [0.29, 0.717) is 5.56 Å². The first-order valence-corrected chi connectivity index (χ1v) is 4.81. The van der Waals surface area contributed by atoms with Gasteiger partial charge in [-0.15, -0.1) is 0 Å². The number of nitrogens with zero attached hydrogens (tertiary/aromatic N) is 1. The Hall–Kier alpha value is -1.84. The van der Waals surface area contributed by atoms with Gasteiger partial charge in [-0.3, -0.25) is 5.10 Å². The highest BCUT2D eigenvalue weighted by Crippen LogP contribution is 2.13. The molecule has 0 spiro atoms. The maximum atomic E-state index is 11.6. The maximum Gasteiger partial charge on any atom is 0.338 e. The zero-order valence-corrected chi connectivity index (χ0v) is 8.65. The van der Waals surface area contributed by atoms with Crippen LogP contribution < -0.4 is 0 Å². The Morgan fingerprint density at radius 3 is 3.00 bits per heavy atom. The summed E-state index contributed by atoms with van der Waals surface area (Å²) in [6.45, 7) is 3.65. The number of aromatic nitrogens is 2. The van der Waals surface area contributed by atoms with Crippen molar-refractivity contribution in [1.82, 2.24) is 10.2 Å². The monoisotopic (exact) mass is 204 g/mol. The maximum absolute atomic E-state index is 11.6. The van der Waals surface area contributed by atoms with Gasteiger partial charge < -0.3 is 4.74 Å². The van der Waals surface area contributed by atoms with Crippen molar-refractivity contribution < 1.29 is 9.53 Å². The lowest BCUT2D eigenvalue weighted by molar-refractivity contribution is 0.0378. The quantitative estimate of drug-likeness (QED) is 0.762. The number of ether oxygens (including phenoxy) is 1. The van der Waals surface area contributed by atoms with Crippen LogP contribution in [0.3, 0.4) is 0 Å². The van der Waals surface area contributed by atoms with Crippen molar-refractivity contribution in [2.24, 2.45) is 0 Å². The van der Waals surface area contributed by atoms with E-state index in [1.165, 1.54) is 0 Å². The minimum absolute atomic E-state index is 0.102. The van der Waals surface area contributed by atoms with Gasteiger partial charge in [0, 0.05) is 5.39 Å². The second kappa shape index (κ2) is 3.73. The average Bonchev–Trinajstić information content (AvgIpc) is 2.62. The van der Waals surface area contributed by atoms with Crippen LogP contribution in [0.1, 0.15) is 24.2 Å². The Kier molecular flexibility index (Phi) is 2.41. The lowest BCUT2D eigenvalue weighted by Gasteiger charge is -2.07. The number of carbonyl (C=O) groups excluding carboxylic acids is 1. The van der Waals surface area contributed by atoms with E-state index in [0.717, 1.165) is 10.9 Å². The van der Waals surface area contributed by atoms with Crippen molar-refractivity contribution in [2.75, 3.05) is 0 Å². The van der Waals surface area contributed by atoms with Gasteiger partial charge in [0.1, 0.15) is 0 Å². The Morgan fingerprint density at radius 1 is 1.47 bits per heavy atom. The molecule has 15 heavy (non-hydrogen) atoms. The topological polar surface area (TPSA) is 55.0 Å². The Bertz CT molecular complexity index is 488. The summed E-state index contributed by atoms with van der Waals surface area (Å²) >= 11 is 0. The number of fused-ring (bicyclic) bond motifs is 1. The van der Waals surface area contributed by atoms with Crippen LogP contribution in [-0.4, -0.2) is 22.3 Å². The molecule has 0 fully saturated rings. The number of H-pyrrole nitrogens is 1. The SMILES string of the molecule is CC(C)OC(=O)c1ccc2cn[nH]c2c1. The highest BCUT2D eigenvalue weighted by atomic mass is 16.5. The van der Waals surface area contributed by atoms with E-state index < -0.39 is 0 Å². The van der Waals surface area contributed by atoms with Crippen molar-refractivity contribution in [3.05, 3.63) is 30.0 Å². The zero-order chi connectivity index (χ0) is 10.8. The third-order valence-corrected chi connectivity index (χ3v) is 2.02. The fraction of sp³-hybridized carbons (Fsp3) is 0.273. The molecule has 0 unspecified atom stereocenters. The summed E-state index contributed by atoms with van der Waals surface area (Å²) in [6.07, 6.45) is 1.61. The minimum atomic E-state index is -0.304. The van der Waals surface area contributed by atoms with Crippen molar-refractivity contribution >= 4 is 16.9 Å². The molecule has 78 valence electrons. The summed E-state index contributed by atoms with van der Waals surface area (Å²) in [6, 6.07) is 5.32. The lowest BCUT2D eigenvalue weighted by Crippen LogP contribution is -2.11. The molecule has 0 saturated carbocycles. The van der Waals surface area contributed by atoms with Gasteiger partial charge in [-0.1, -0.05) is 6.07 Å². The number of carbonyl (C=O) groups is 1. The smallest absolute Gasteiger partial charge is 0.338 e. The van der Waals surface area contributed by atoms with Gasteiger partial charge in [0.15, 0.2) is 0 Å². The fourth-order valence-corrected chi connectivity index (χ4v) is 1.35. The van der Waals surface area contributed by atoms with Crippen LogP contribution >= 0.6 is 0 Å². The zero-order valence-electron chi connectivity index (χ0n) is 8.65. The van der Waals surface area contributed by atoms with Gasteiger partial charge in [0.25, 0.3) is 0 Å². The molecule has 0 aliphatic heterocycles. The number of hydrogen-bond donors (Lipinski definition) is 1. The molecular formula is C11H12N2O2. The van der Waals surface area contributed by atoms with Crippen LogP contribution in [0.4, 0.5) is 0 Å². The van der Waals surface area contributed by atoms with Crippen molar-refractivity contribution in [3.63, 3.8) is 0 Å². The molecule has 0 atom stereocenters. The molecule has 0 saturated heterocycles. The molecular weight excluding hydrogens is 192 g/mol. The predicted octanol–water partition coefficient (Wildman–Crippen LogP) is 2.13. The fourth-order valence-electron chi connectivity index (χ4n) is 1.35. The van der Waals surface area contributed by atoms with Crippen LogP contribution in [0.25, 0.3) is 10.9 Å². The normalized spacial score (nSPS) is 10.9. The van der Waals surface area contributed by atoms with Crippen LogP contribution in [0, 0.1) is 0 Å². The first kappa shape index (κ1) is 9.71. The lowest BCUT2D eigenvalue weighted by atomic mass is 10.2. The average molecular weight is 204 g/mol. The van der Waals surface area contributed by atoms with Crippen LogP contribution in [0.2, 0.25) is 0 Å². The van der Waals surface area contributed by atoms with E-state index in [1.54, 1.807) is 18.3 Å². The molecule has 0 bridgehead atoms. The molecule has 0 amide bonds. The van der Waals surface area contributed by atoms with E-state index >= 15 is 0 Å². The van der Waals surface area contributed by atoms with Crippen molar-refractivity contribution in [3.8, 4) is 0 Å². The summed E-state index contributed by atoms with van der Waals surface area (Å²) < 4.78 is 5.09. The standard InChI is InChI=1S/C11H12N2O2/c1-7(2)15-11(14)8-3-4-9-6-12-13-10(9)5-8/h3-7H,1-2H3,(H,12,13). The predicted molar refractivity (Wildman–Crippen MR) is 56.6 cm³/mol. The highest BCUT2D eigenvalue weighted by Gasteiger charge is 2.09. The van der Waals surface area contributed by atoms with E-state index in [1.807, 2.05) is 19.9 Å². The molecule has 0 aliphatic carbocycles. The van der Waals surface area contributed by atoms with Gasteiger partial charge in [-0.25, -0.2) is 4.79 Å². The number of esters is 1. The van der Waals surface area contributed by atoms with Crippen molar-refractivity contribution in [1.29, 1.82) is 0 Å². The van der Waals surface area contributed by atoms with Gasteiger partial charge in [-0.05, 0) is 26.0 Å². The van der Waals surface area contributed by atoms with E-state index in [4.69, 9.17) is 4.74 Å². The van der Waals surface area contributed by atoms with E-state index in [9.17, 15) is 4.79 Å². The Balaban J connectivity index is 2.31. The number of hydrogen-bond acceptors (Lipinski definition) is 3. The first-order valence-electron chi connectivity index (χ1n) is 4.81. The largest absolute Gasteiger partial charge is 0.459 e. The second-order valence-electron chi connectivity index (χ2n) is 3.63. The number of rotatable bonds is 2. The molecule has 1 aromatic heterocycles. The van der Waals surface area contributed by atoms with E-state index in [-0.39, 0.29) is 12.1 Å². The minimum Gasteiger partial charge on any atom is -0.459 e. The third-order valence-electron chi connectivity index (χ3n) is 2.02. The second-order valence-corrected chi connectivity index (χ2v) is 3.63. The molecule has 2 rings (SSSR count). The van der Waals surface area contributed by atoms with Gasteiger partial charge in [-0.2, -0.15) is 5.10 Å². The molecule has 2 aromatic rings. The van der Waals surface area contributed by atoms with Gasteiger partial charge >= 0.3 is 5.97 Å². The highest BCUT2D eigenvalue weighted by molar-refractivity contribution is 5.94. The molecule has 4 heteroatoms. The molecule has 1 N–H and O–H groups in total. The summed E-state index contributed by atoms with van der Waals surface area (Å²) in [7, 11) is 0. The molecule has 0 radical (unpaired) electrons. The van der Waals surface area contributed by atoms with E-state index in [2.05, 4.69) is 10.2 Å². The number of nitrogens with one attached hydrogen (secondary N) is 1. The van der Waals surface area contributed by atoms with Gasteiger partial charge in [0.2, 0.25) is 0 Å². The number of aromatic amines is 1. The number of benzene rings is 1. The van der Waals surface area contributed by atoms with Crippen molar-refractivity contribution in [2.45, 2.75) is 20.0 Å². The third kappa shape index (κ3) is 1.98. The molecule has 4 nitrogen and oxygen atoms in total. The van der Waals surface area contributed by atoms with Crippen LogP contribution in [0.15, 0.2) is 24.4 Å². The summed E-state index contributed by atoms with van der Waals surface area (Å²) in [5, 5.41) is 7.68. The molecule has 1 aromatic carbocycles. The summed E-state index contributed by atoms with van der Waals surface area (Å²) in [5.74, 6) is -0.304. The van der Waals surface area contributed by atoms with Crippen LogP contribution in [-0.2, 0) is 4.74 Å².